The zero-order valence-corrected chi connectivity index (χ0v) is 13.3. The number of halogens is 1. The van der Waals surface area contributed by atoms with E-state index in [0.29, 0.717) is 23.0 Å². The molecule has 0 aliphatic carbocycles. The summed E-state index contributed by atoms with van der Waals surface area (Å²) in [6, 6.07) is 5.07. The molecule has 21 heavy (non-hydrogen) atoms. The third-order valence-corrected chi connectivity index (χ3v) is 3.28. The van der Waals surface area contributed by atoms with E-state index >= 15 is 0 Å². The fourth-order valence-electron chi connectivity index (χ4n) is 1.96. The van der Waals surface area contributed by atoms with Gasteiger partial charge in [0.05, 0.1) is 25.9 Å². The molecule has 0 bridgehead atoms. The number of hydrogen-bond donors (Lipinski definition) is 2. The first-order valence-electron chi connectivity index (χ1n) is 7.07. The number of amides is 1. The van der Waals surface area contributed by atoms with Gasteiger partial charge < -0.3 is 15.2 Å². The first-order valence-corrected chi connectivity index (χ1v) is 7.45. The molecule has 0 saturated heterocycles. The van der Waals surface area contributed by atoms with E-state index in [1.807, 2.05) is 4.90 Å². The maximum Gasteiger partial charge on any atom is 0.238 e. The number of unbranched alkanes of at least 4 members (excludes halogenated alkanes) is 1. The molecule has 0 aliphatic rings. The maximum absolute atomic E-state index is 12.1. The Balaban J connectivity index is 2.64. The number of aliphatic hydroxyl groups is 1. The minimum atomic E-state index is -0.153. The van der Waals surface area contributed by atoms with Crippen LogP contribution in [-0.2, 0) is 4.79 Å². The molecule has 0 aromatic heterocycles. The molecule has 0 spiro atoms. The van der Waals surface area contributed by atoms with E-state index < -0.39 is 0 Å². The van der Waals surface area contributed by atoms with Crippen molar-refractivity contribution in [1.29, 1.82) is 0 Å². The molecule has 0 atom stereocenters. The van der Waals surface area contributed by atoms with Gasteiger partial charge in [0.1, 0.15) is 5.75 Å². The number of carbonyl (C=O) groups excluding carboxylic acids is 1. The van der Waals surface area contributed by atoms with E-state index in [4.69, 9.17) is 21.4 Å². The Morgan fingerprint density at radius 3 is 2.81 bits per heavy atom. The fourth-order valence-corrected chi connectivity index (χ4v) is 2.14. The van der Waals surface area contributed by atoms with Gasteiger partial charge in [-0.15, -0.1) is 0 Å². The Hall–Kier alpha value is -1.30. The van der Waals surface area contributed by atoms with Crippen molar-refractivity contribution in [3.8, 4) is 5.75 Å². The van der Waals surface area contributed by atoms with Crippen LogP contribution in [0.3, 0.4) is 0 Å². The summed E-state index contributed by atoms with van der Waals surface area (Å²) >= 11 is 5.93. The smallest absolute Gasteiger partial charge is 0.238 e. The minimum Gasteiger partial charge on any atom is -0.495 e. The molecule has 0 aliphatic heterocycles. The SMILES string of the molecule is CCCCN(CCO)CC(=O)Nc1cc(Cl)ccc1OC. The first-order chi connectivity index (χ1) is 10.1. The zero-order chi connectivity index (χ0) is 15.7. The monoisotopic (exact) mass is 314 g/mol. The van der Waals surface area contributed by atoms with Gasteiger partial charge in [-0.3, -0.25) is 9.69 Å². The molecule has 0 radical (unpaired) electrons. The standard InChI is InChI=1S/C15H23ClN2O3/c1-3-4-7-18(8-9-19)11-15(20)17-13-10-12(16)5-6-14(13)21-2/h5-6,10,19H,3-4,7-9,11H2,1-2H3,(H,17,20). The van der Waals surface area contributed by atoms with E-state index in [1.165, 1.54) is 7.11 Å². The molecule has 0 unspecified atom stereocenters. The number of nitrogens with one attached hydrogen (secondary N) is 1. The van der Waals surface area contributed by atoms with Crippen LogP contribution in [0, 0.1) is 0 Å². The highest BCUT2D eigenvalue weighted by Gasteiger charge is 2.12. The summed E-state index contributed by atoms with van der Waals surface area (Å²) in [5.74, 6) is 0.412. The summed E-state index contributed by atoms with van der Waals surface area (Å²) in [6.07, 6.45) is 2.04. The van der Waals surface area contributed by atoms with Gasteiger partial charge in [-0.2, -0.15) is 0 Å². The lowest BCUT2D eigenvalue weighted by Crippen LogP contribution is -2.36. The molecule has 2 N–H and O–H groups in total. The Labute approximate surface area is 130 Å². The topological polar surface area (TPSA) is 61.8 Å². The van der Waals surface area contributed by atoms with Crippen molar-refractivity contribution >= 4 is 23.2 Å². The van der Waals surface area contributed by atoms with Crippen LogP contribution in [0.5, 0.6) is 5.75 Å². The van der Waals surface area contributed by atoms with Gasteiger partial charge in [0.25, 0.3) is 0 Å². The van der Waals surface area contributed by atoms with Gasteiger partial charge in [0, 0.05) is 11.6 Å². The van der Waals surface area contributed by atoms with Gasteiger partial charge in [-0.25, -0.2) is 0 Å². The van der Waals surface area contributed by atoms with Gasteiger partial charge in [0.2, 0.25) is 5.91 Å². The molecule has 5 nitrogen and oxygen atoms in total. The van der Waals surface area contributed by atoms with E-state index in [0.717, 1.165) is 19.4 Å². The molecule has 0 heterocycles. The van der Waals surface area contributed by atoms with Crippen LogP contribution < -0.4 is 10.1 Å². The number of anilines is 1. The van der Waals surface area contributed by atoms with Crippen LogP contribution in [0.4, 0.5) is 5.69 Å². The molecule has 1 rings (SSSR count). The highest BCUT2D eigenvalue weighted by molar-refractivity contribution is 6.31. The molecule has 0 saturated carbocycles. The Kier molecular flexibility index (Phi) is 8.12. The summed E-state index contributed by atoms with van der Waals surface area (Å²) in [5, 5.41) is 12.4. The predicted molar refractivity (Wildman–Crippen MR) is 85.1 cm³/mol. The maximum atomic E-state index is 12.1. The second kappa shape index (κ2) is 9.60. The second-order valence-electron chi connectivity index (χ2n) is 4.75. The van der Waals surface area contributed by atoms with Crippen molar-refractivity contribution in [2.75, 3.05) is 38.7 Å². The normalized spacial score (nSPS) is 10.7. The van der Waals surface area contributed by atoms with Gasteiger partial charge in [-0.1, -0.05) is 24.9 Å². The third kappa shape index (κ3) is 6.33. The van der Waals surface area contributed by atoms with Crippen molar-refractivity contribution in [2.24, 2.45) is 0 Å². The summed E-state index contributed by atoms with van der Waals surface area (Å²) in [6.45, 7) is 3.64. The highest BCUT2D eigenvalue weighted by Crippen LogP contribution is 2.27. The summed E-state index contributed by atoms with van der Waals surface area (Å²) < 4.78 is 5.19. The lowest BCUT2D eigenvalue weighted by Gasteiger charge is -2.20. The van der Waals surface area contributed by atoms with E-state index in [2.05, 4.69) is 12.2 Å². The second-order valence-corrected chi connectivity index (χ2v) is 5.18. The zero-order valence-electron chi connectivity index (χ0n) is 12.6. The number of benzene rings is 1. The van der Waals surface area contributed by atoms with Gasteiger partial charge in [-0.05, 0) is 31.2 Å². The van der Waals surface area contributed by atoms with Crippen LogP contribution in [0.15, 0.2) is 18.2 Å². The summed E-state index contributed by atoms with van der Waals surface area (Å²) in [5.41, 5.74) is 0.550. The Morgan fingerprint density at radius 1 is 1.43 bits per heavy atom. The minimum absolute atomic E-state index is 0.0392. The van der Waals surface area contributed by atoms with Crippen LogP contribution in [0.2, 0.25) is 5.02 Å². The van der Waals surface area contributed by atoms with Crippen LogP contribution in [0.1, 0.15) is 19.8 Å². The van der Waals surface area contributed by atoms with E-state index in [9.17, 15) is 4.79 Å². The fraction of sp³-hybridized carbons (Fsp3) is 0.533. The number of rotatable bonds is 9. The van der Waals surface area contributed by atoms with E-state index in [1.54, 1.807) is 18.2 Å². The van der Waals surface area contributed by atoms with Gasteiger partial charge in [0.15, 0.2) is 0 Å². The highest BCUT2D eigenvalue weighted by atomic mass is 35.5. The molecule has 1 aromatic rings. The first kappa shape index (κ1) is 17.8. The number of methoxy groups -OCH3 is 1. The molecular weight excluding hydrogens is 292 g/mol. The number of nitrogens with zero attached hydrogens (tertiary/aromatic N) is 1. The van der Waals surface area contributed by atoms with Crippen molar-refractivity contribution in [1.82, 2.24) is 4.90 Å². The third-order valence-electron chi connectivity index (χ3n) is 3.05. The molecule has 1 aromatic carbocycles. The molecule has 118 valence electrons. The molecular formula is C15H23ClN2O3. The average molecular weight is 315 g/mol. The van der Waals surface area contributed by atoms with Crippen molar-refractivity contribution in [3.05, 3.63) is 23.2 Å². The van der Waals surface area contributed by atoms with Crippen molar-refractivity contribution in [2.45, 2.75) is 19.8 Å². The average Bonchev–Trinajstić information content (AvgIpc) is 2.45. The van der Waals surface area contributed by atoms with Crippen LogP contribution in [0.25, 0.3) is 0 Å². The number of ether oxygens (including phenoxy) is 1. The van der Waals surface area contributed by atoms with Crippen molar-refractivity contribution in [3.63, 3.8) is 0 Å². The quantitative estimate of drug-likeness (QED) is 0.734. The van der Waals surface area contributed by atoms with Crippen LogP contribution in [-0.4, -0.2) is 49.3 Å². The molecule has 0 fully saturated rings. The Bertz CT molecular complexity index is 455. The largest absolute Gasteiger partial charge is 0.495 e. The number of aliphatic hydroxyl groups excluding tert-OH is 1. The number of hydrogen-bond acceptors (Lipinski definition) is 4. The van der Waals surface area contributed by atoms with Gasteiger partial charge >= 0.3 is 0 Å². The molecule has 1 amide bonds. The predicted octanol–water partition coefficient (Wildman–Crippen LogP) is 2.38. The lowest BCUT2D eigenvalue weighted by atomic mass is 10.2. The van der Waals surface area contributed by atoms with Crippen LogP contribution >= 0.6 is 11.6 Å². The summed E-state index contributed by atoms with van der Waals surface area (Å²) in [7, 11) is 1.54. The van der Waals surface area contributed by atoms with Crippen molar-refractivity contribution < 1.29 is 14.6 Å². The summed E-state index contributed by atoms with van der Waals surface area (Å²) in [4.78, 5) is 14.0. The molecule has 6 heteroatoms. The van der Waals surface area contributed by atoms with E-state index in [-0.39, 0.29) is 19.1 Å². The lowest BCUT2D eigenvalue weighted by molar-refractivity contribution is -0.117. The number of carbonyl (C=O) groups is 1. The Morgan fingerprint density at radius 2 is 2.19 bits per heavy atom.